The number of nitrogens with zero attached hydrogens (tertiary/aromatic N) is 2. The molecule has 1 aromatic heterocycles. The Kier molecular flexibility index (Phi) is 4.39. The lowest BCUT2D eigenvalue weighted by Gasteiger charge is -2.34. The molecule has 3 nitrogen and oxygen atoms in total. The summed E-state index contributed by atoms with van der Waals surface area (Å²) in [6.45, 7) is 1.93. The molecule has 0 aliphatic carbocycles. The number of pyridine rings is 1. The Morgan fingerprint density at radius 2 is 1.86 bits per heavy atom. The monoisotopic (exact) mass is 349 g/mol. The van der Waals surface area contributed by atoms with Crippen molar-refractivity contribution in [1.29, 1.82) is 0 Å². The Morgan fingerprint density at radius 3 is 2.52 bits per heavy atom. The third-order valence-corrected chi connectivity index (χ3v) is 4.37. The smallest absolute Gasteiger partial charge is 0.142 e. The van der Waals surface area contributed by atoms with Crippen LogP contribution in [0.25, 0.3) is 0 Å². The summed E-state index contributed by atoms with van der Waals surface area (Å²) in [7, 11) is 0. The molecule has 1 saturated heterocycles. The fourth-order valence-electron chi connectivity index (χ4n) is 2.63. The highest BCUT2D eigenvalue weighted by atomic mass is 79.9. The highest BCUT2D eigenvalue weighted by molar-refractivity contribution is 9.10. The first kappa shape index (κ1) is 14.3. The lowest BCUT2D eigenvalue weighted by Crippen LogP contribution is -2.39. The van der Waals surface area contributed by atoms with Crippen molar-refractivity contribution in [3.63, 3.8) is 0 Å². The van der Waals surface area contributed by atoms with E-state index in [1.807, 2.05) is 18.3 Å². The highest BCUT2D eigenvalue weighted by Gasteiger charge is 2.21. The van der Waals surface area contributed by atoms with Crippen LogP contribution >= 0.6 is 15.9 Å². The summed E-state index contributed by atoms with van der Waals surface area (Å²) in [6.07, 6.45) is 3.91. The third-order valence-electron chi connectivity index (χ3n) is 3.75. The van der Waals surface area contributed by atoms with Crippen LogP contribution in [0.5, 0.6) is 0 Å². The van der Waals surface area contributed by atoms with Gasteiger partial charge in [0.1, 0.15) is 11.6 Å². The number of piperidine rings is 1. The molecule has 1 aromatic carbocycles. The van der Waals surface area contributed by atoms with Crippen LogP contribution in [0.4, 0.5) is 15.9 Å². The minimum atomic E-state index is -0.199. The maximum absolute atomic E-state index is 12.9. The van der Waals surface area contributed by atoms with Crippen molar-refractivity contribution in [2.24, 2.45) is 0 Å². The topological polar surface area (TPSA) is 28.2 Å². The molecular weight excluding hydrogens is 333 g/mol. The average Bonchev–Trinajstić information content (AvgIpc) is 2.51. The van der Waals surface area contributed by atoms with Crippen molar-refractivity contribution < 1.29 is 4.39 Å². The molecule has 2 heterocycles. The van der Waals surface area contributed by atoms with Gasteiger partial charge in [0.05, 0.1) is 4.47 Å². The number of halogens is 2. The molecule has 1 aliphatic heterocycles. The molecule has 21 heavy (non-hydrogen) atoms. The van der Waals surface area contributed by atoms with Crippen LogP contribution in [0.15, 0.2) is 47.1 Å². The summed E-state index contributed by atoms with van der Waals surface area (Å²) < 4.78 is 13.9. The van der Waals surface area contributed by atoms with Crippen molar-refractivity contribution in [2.45, 2.75) is 18.9 Å². The Hall–Kier alpha value is -1.62. The van der Waals surface area contributed by atoms with Gasteiger partial charge in [0, 0.05) is 31.0 Å². The van der Waals surface area contributed by atoms with Crippen LogP contribution in [0, 0.1) is 5.82 Å². The summed E-state index contributed by atoms with van der Waals surface area (Å²) in [5.41, 5.74) is 0.980. The zero-order valence-corrected chi connectivity index (χ0v) is 13.2. The van der Waals surface area contributed by atoms with Gasteiger partial charge in [0.2, 0.25) is 0 Å². The Bertz CT molecular complexity index is 595. The molecule has 110 valence electrons. The van der Waals surface area contributed by atoms with E-state index in [-0.39, 0.29) is 5.82 Å². The number of nitrogens with one attached hydrogen (secondary N) is 1. The Morgan fingerprint density at radius 1 is 1.14 bits per heavy atom. The van der Waals surface area contributed by atoms with Gasteiger partial charge in [-0.25, -0.2) is 9.37 Å². The van der Waals surface area contributed by atoms with Crippen LogP contribution in [0.2, 0.25) is 0 Å². The Balaban J connectivity index is 1.58. The summed E-state index contributed by atoms with van der Waals surface area (Å²) >= 11 is 3.55. The van der Waals surface area contributed by atoms with Gasteiger partial charge in [0.25, 0.3) is 0 Å². The van der Waals surface area contributed by atoms with Crippen LogP contribution in [0.1, 0.15) is 12.8 Å². The normalized spacial score (nSPS) is 16.0. The second-order valence-electron chi connectivity index (χ2n) is 5.22. The van der Waals surface area contributed by atoms with E-state index >= 15 is 0 Å². The van der Waals surface area contributed by atoms with E-state index in [1.165, 1.54) is 12.1 Å². The van der Waals surface area contributed by atoms with Crippen molar-refractivity contribution >= 4 is 27.4 Å². The summed E-state index contributed by atoms with van der Waals surface area (Å²) in [4.78, 5) is 6.74. The summed E-state index contributed by atoms with van der Waals surface area (Å²) in [5, 5.41) is 3.47. The largest absolute Gasteiger partial charge is 0.382 e. The predicted molar refractivity (Wildman–Crippen MR) is 87.2 cm³/mol. The van der Waals surface area contributed by atoms with Crippen LogP contribution in [-0.2, 0) is 0 Å². The second kappa shape index (κ2) is 6.43. The van der Waals surface area contributed by atoms with E-state index in [9.17, 15) is 4.39 Å². The third kappa shape index (κ3) is 3.53. The summed E-state index contributed by atoms with van der Waals surface area (Å²) in [5.74, 6) is 0.813. The maximum atomic E-state index is 12.9. The van der Waals surface area contributed by atoms with E-state index in [2.05, 4.69) is 31.1 Å². The number of aromatic nitrogens is 1. The van der Waals surface area contributed by atoms with Gasteiger partial charge < -0.3 is 10.2 Å². The fourth-order valence-corrected chi connectivity index (χ4v) is 3.13. The Labute approximate surface area is 132 Å². The second-order valence-corrected chi connectivity index (χ2v) is 6.08. The molecule has 3 rings (SSSR count). The average molecular weight is 350 g/mol. The molecule has 0 atom stereocenters. The zero-order valence-electron chi connectivity index (χ0n) is 11.6. The molecule has 0 saturated carbocycles. The van der Waals surface area contributed by atoms with E-state index in [0.717, 1.165) is 41.9 Å². The molecular formula is C16H17BrFN3. The minimum absolute atomic E-state index is 0.199. The molecule has 0 spiro atoms. The van der Waals surface area contributed by atoms with Crippen molar-refractivity contribution in [2.75, 3.05) is 23.3 Å². The number of anilines is 2. The molecule has 0 unspecified atom stereocenters. The molecule has 1 fully saturated rings. The van der Waals surface area contributed by atoms with Gasteiger partial charge in [-0.1, -0.05) is 0 Å². The first-order valence-corrected chi connectivity index (χ1v) is 7.89. The first-order chi connectivity index (χ1) is 10.2. The van der Waals surface area contributed by atoms with E-state index in [0.29, 0.717) is 6.04 Å². The summed E-state index contributed by atoms with van der Waals surface area (Å²) in [6, 6.07) is 10.9. The predicted octanol–water partition coefficient (Wildman–Crippen LogP) is 4.06. The molecule has 5 heteroatoms. The number of hydrogen-bond acceptors (Lipinski definition) is 3. The van der Waals surface area contributed by atoms with Crippen molar-refractivity contribution in [3.05, 3.63) is 52.9 Å². The van der Waals surface area contributed by atoms with Crippen molar-refractivity contribution in [3.8, 4) is 0 Å². The number of hydrogen-bond donors (Lipinski definition) is 1. The van der Waals surface area contributed by atoms with Crippen LogP contribution < -0.4 is 10.2 Å². The lowest BCUT2D eigenvalue weighted by molar-refractivity contribution is 0.523. The quantitative estimate of drug-likeness (QED) is 0.905. The maximum Gasteiger partial charge on any atom is 0.142 e. The van der Waals surface area contributed by atoms with Gasteiger partial charge >= 0.3 is 0 Å². The van der Waals surface area contributed by atoms with Gasteiger partial charge in [0.15, 0.2) is 0 Å². The lowest BCUT2D eigenvalue weighted by atomic mass is 10.0. The number of benzene rings is 1. The number of rotatable bonds is 3. The highest BCUT2D eigenvalue weighted by Crippen LogP contribution is 2.26. The molecule has 1 N–H and O–H groups in total. The van der Waals surface area contributed by atoms with Crippen molar-refractivity contribution in [1.82, 2.24) is 4.98 Å². The zero-order chi connectivity index (χ0) is 14.7. The first-order valence-electron chi connectivity index (χ1n) is 7.10. The van der Waals surface area contributed by atoms with Crippen LogP contribution in [-0.4, -0.2) is 24.1 Å². The SMILES string of the molecule is Fc1ccc(NC2CCN(c3ncccc3Br)CC2)cc1. The molecule has 0 bridgehead atoms. The molecule has 1 aliphatic rings. The standard InChI is InChI=1S/C16H17BrFN3/c17-15-2-1-9-19-16(15)21-10-7-14(8-11-21)20-13-5-3-12(18)4-6-13/h1-6,9,14,20H,7-8,10-11H2. The fraction of sp³-hybridized carbons (Fsp3) is 0.312. The molecule has 0 radical (unpaired) electrons. The van der Waals surface area contributed by atoms with Gasteiger partial charge in [-0.05, 0) is 65.2 Å². The molecule has 2 aromatic rings. The van der Waals surface area contributed by atoms with E-state index < -0.39 is 0 Å². The van der Waals surface area contributed by atoms with E-state index in [4.69, 9.17) is 0 Å². The molecule has 0 amide bonds. The van der Waals surface area contributed by atoms with Crippen LogP contribution in [0.3, 0.4) is 0 Å². The van der Waals surface area contributed by atoms with Gasteiger partial charge in [-0.15, -0.1) is 0 Å². The van der Waals surface area contributed by atoms with Gasteiger partial charge in [-0.2, -0.15) is 0 Å². The van der Waals surface area contributed by atoms with E-state index in [1.54, 1.807) is 12.1 Å². The van der Waals surface area contributed by atoms with Gasteiger partial charge in [-0.3, -0.25) is 0 Å². The minimum Gasteiger partial charge on any atom is -0.382 e.